The van der Waals surface area contributed by atoms with Crippen LogP contribution >= 0.6 is 0 Å². The molecule has 0 saturated heterocycles. The molecule has 336 valence electrons. The molecule has 0 aromatic carbocycles. The number of unbranched alkanes of at least 4 members (excludes halogenated alkanes) is 24. The second kappa shape index (κ2) is 49.0. The molecule has 5 heteroatoms. The molecule has 0 N–H and O–H groups in total. The van der Waals surface area contributed by atoms with Gasteiger partial charge in [-0.05, 0) is 83.5 Å². The fourth-order valence-electron chi connectivity index (χ4n) is 6.85. The van der Waals surface area contributed by atoms with Gasteiger partial charge in [0.2, 0.25) is 0 Å². The van der Waals surface area contributed by atoms with Gasteiger partial charge in [0.05, 0.1) is 6.61 Å². The van der Waals surface area contributed by atoms with Gasteiger partial charge in [-0.1, -0.05) is 204 Å². The van der Waals surface area contributed by atoms with Gasteiger partial charge >= 0.3 is 11.9 Å². The van der Waals surface area contributed by atoms with Crippen LogP contribution in [0, 0.1) is 0 Å². The maximum absolute atomic E-state index is 12.7. The molecule has 0 saturated carbocycles. The Labute approximate surface area is 360 Å². The minimum atomic E-state index is -0.550. The topological polar surface area (TPSA) is 61.8 Å². The number of carbonyl (C=O) groups is 2. The van der Waals surface area contributed by atoms with Crippen LogP contribution in [0.15, 0.2) is 60.8 Å². The number of hydrogen-bond donors (Lipinski definition) is 0. The van der Waals surface area contributed by atoms with Crippen molar-refractivity contribution in [1.29, 1.82) is 0 Å². The second-order valence-corrected chi connectivity index (χ2v) is 16.3. The molecule has 0 radical (unpaired) electrons. The molecule has 0 amide bonds. The van der Waals surface area contributed by atoms with Crippen LogP contribution in [0.2, 0.25) is 0 Å². The molecule has 0 bridgehead atoms. The summed E-state index contributed by atoms with van der Waals surface area (Å²) in [5.74, 6) is -0.431. The highest BCUT2D eigenvalue weighted by Gasteiger charge is 2.17. The first-order valence-corrected chi connectivity index (χ1v) is 24.8. The van der Waals surface area contributed by atoms with Crippen molar-refractivity contribution in [3.63, 3.8) is 0 Å². The van der Waals surface area contributed by atoms with E-state index in [1.165, 1.54) is 128 Å². The summed E-state index contributed by atoms with van der Waals surface area (Å²) < 4.78 is 17.3. The van der Waals surface area contributed by atoms with E-state index in [2.05, 4.69) is 81.5 Å². The normalized spacial score (nSPS) is 12.7. The van der Waals surface area contributed by atoms with Gasteiger partial charge in [0.1, 0.15) is 6.61 Å². The molecule has 58 heavy (non-hydrogen) atoms. The molecular formula is C53H94O5. The van der Waals surface area contributed by atoms with Crippen molar-refractivity contribution in [2.24, 2.45) is 0 Å². The molecule has 1 unspecified atom stereocenters. The Morgan fingerprint density at radius 1 is 0.397 bits per heavy atom. The predicted molar refractivity (Wildman–Crippen MR) is 251 cm³/mol. The standard InChI is InChI=1S/C53H94O5/c1-4-7-10-13-16-19-22-24-25-26-27-28-29-31-32-34-37-40-43-46-52(54)57-50-51(49-56-48-45-42-39-36-21-18-15-12-9-6-3)58-53(55)47-44-41-38-35-33-30-23-20-17-14-11-8-5-2/h8,11,16-17,19-20,24-25,30,33,51H,4-7,9-10,12-15,18,21-23,26-29,31-32,34-50H2,1-3H3/b11-8-,19-16-,20-17-,25-24-,33-30-. The Bertz CT molecular complexity index is 1010. The first-order chi connectivity index (χ1) is 28.6. The Hall–Kier alpha value is -2.40. The first-order valence-electron chi connectivity index (χ1n) is 24.8. The Morgan fingerprint density at radius 2 is 0.776 bits per heavy atom. The zero-order valence-electron chi connectivity index (χ0n) is 38.6. The fourth-order valence-corrected chi connectivity index (χ4v) is 6.85. The summed E-state index contributed by atoms with van der Waals surface area (Å²) in [7, 11) is 0. The van der Waals surface area contributed by atoms with Crippen LogP contribution in [0.1, 0.15) is 239 Å². The van der Waals surface area contributed by atoms with Crippen LogP contribution in [0.25, 0.3) is 0 Å². The zero-order valence-corrected chi connectivity index (χ0v) is 38.6. The van der Waals surface area contributed by atoms with Crippen LogP contribution in [0.3, 0.4) is 0 Å². The van der Waals surface area contributed by atoms with Gasteiger partial charge in [-0.25, -0.2) is 0 Å². The maximum atomic E-state index is 12.7. The minimum absolute atomic E-state index is 0.0721. The molecule has 0 heterocycles. The molecule has 0 spiro atoms. The number of ether oxygens (including phenoxy) is 3. The summed E-state index contributed by atoms with van der Waals surface area (Å²) in [6, 6.07) is 0. The fraction of sp³-hybridized carbons (Fsp3) is 0.774. The number of rotatable bonds is 45. The summed E-state index contributed by atoms with van der Waals surface area (Å²) in [6.07, 6.45) is 60.8. The van der Waals surface area contributed by atoms with Crippen molar-refractivity contribution < 1.29 is 23.8 Å². The van der Waals surface area contributed by atoms with Crippen molar-refractivity contribution in [1.82, 2.24) is 0 Å². The molecular weight excluding hydrogens is 717 g/mol. The second-order valence-electron chi connectivity index (χ2n) is 16.3. The summed E-state index contributed by atoms with van der Waals surface area (Å²) in [6.45, 7) is 7.66. The monoisotopic (exact) mass is 811 g/mol. The van der Waals surface area contributed by atoms with Gasteiger partial charge in [0.15, 0.2) is 6.10 Å². The van der Waals surface area contributed by atoms with E-state index in [9.17, 15) is 9.59 Å². The van der Waals surface area contributed by atoms with E-state index >= 15 is 0 Å². The lowest BCUT2D eigenvalue weighted by Crippen LogP contribution is -2.30. The number of esters is 2. The summed E-state index contributed by atoms with van der Waals surface area (Å²) in [4.78, 5) is 25.3. The lowest BCUT2D eigenvalue weighted by atomic mass is 10.1. The predicted octanol–water partition coefficient (Wildman–Crippen LogP) is 16.6. The molecule has 5 nitrogen and oxygen atoms in total. The molecule has 0 aliphatic heterocycles. The number of hydrogen-bond acceptors (Lipinski definition) is 5. The van der Waals surface area contributed by atoms with E-state index in [4.69, 9.17) is 14.2 Å². The number of allylic oxidation sites excluding steroid dienone is 10. The summed E-state index contributed by atoms with van der Waals surface area (Å²) in [5, 5.41) is 0. The quantitative estimate of drug-likeness (QED) is 0.0348. The van der Waals surface area contributed by atoms with E-state index in [-0.39, 0.29) is 25.2 Å². The van der Waals surface area contributed by atoms with Crippen LogP contribution < -0.4 is 0 Å². The van der Waals surface area contributed by atoms with Gasteiger partial charge in [-0.3, -0.25) is 9.59 Å². The summed E-state index contributed by atoms with van der Waals surface area (Å²) >= 11 is 0. The van der Waals surface area contributed by atoms with Crippen LogP contribution in [-0.4, -0.2) is 37.9 Å². The van der Waals surface area contributed by atoms with Gasteiger partial charge in [-0.2, -0.15) is 0 Å². The minimum Gasteiger partial charge on any atom is -0.462 e. The maximum Gasteiger partial charge on any atom is 0.306 e. The van der Waals surface area contributed by atoms with Gasteiger partial charge in [0.25, 0.3) is 0 Å². The average molecular weight is 811 g/mol. The van der Waals surface area contributed by atoms with E-state index in [0.29, 0.717) is 19.4 Å². The zero-order chi connectivity index (χ0) is 42.1. The van der Waals surface area contributed by atoms with E-state index in [0.717, 1.165) is 77.0 Å². The summed E-state index contributed by atoms with van der Waals surface area (Å²) in [5.41, 5.74) is 0. The van der Waals surface area contributed by atoms with Crippen LogP contribution in [0.5, 0.6) is 0 Å². The Balaban J connectivity index is 4.22. The lowest BCUT2D eigenvalue weighted by molar-refractivity contribution is -0.163. The largest absolute Gasteiger partial charge is 0.462 e. The Morgan fingerprint density at radius 3 is 1.29 bits per heavy atom. The highest BCUT2D eigenvalue weighted by Crippen LogP contribution is 2.14. The van der Waals surface area contributed by atoms with E-state index in [1.807, 2.05) is 0 Å². The Kier molecular flexibility index (Phi) is 46.9. The third-order valence-corrected chi connectivity index (χ3v) is 10.5. The van der Waals surface area contributed by atoms with Crippen molar-refractivity contribution in [3.05, 3.63) is 60.8 Å². The third kappa shape index (κ3) is 46.3. The first kappa shape index (κ1) is 55.6. The molecule has 0 aromatic heterocycles. The lowest BCUT2D eigenvalue weighted by Gasteiger charge is -2.18. The molecule has 1 atom stereocenters. The van der Waals surface area contributed by atoms with Gasteiger partial charge < -0.3 is 14.2 Å². The van der Waals surface area contributed by atoms with E-state index in [1.54, 1.807) is 0 Å². The van der Waals surface area contributed by atoms with Gasteiger partial charge in [-0.15, -0.1) is 0 Å². The highest BCUT2D eigenvalue weighted by molar-refractivity contribution is 5.70. The molecule has 0 rings (SSSR count). The van der Waals surface area contributed by atoms with E-state index < -0.39 is 6.10 Å². The third-order valence-electron chi connectivity index (χ3n) is 10.5. The van der Waals surface area contributed by atoms with Crippen molar-refractivity contribution in [2.45, 2.75) is 245 Å². The van der Waals surface area contributed by atoms with Crippen molar-refractivity contribution >= 4 is 11.9 Å². The molecule has 0 aromatic rings. The van der Waals surface area contributed by atoms with Gasteiger partial charge in [0, 0.05) is 19.4 Å². The number of carbonyl (C=O) groups excluding carboxylic acids is 2. The van der Waals surface area contributed by atoms with Crippen LogP contribution in [-0.2, 0) is 23.8 Å². The molecule has 0 aliphatic rings. The molecule has 0 aliphatic carbocycles. The van der Waals surface area contributed by atoms with Crippen LogP contribution in [0.4, 0.5) is 0 Å². The highest BCUT2D eigenvalue weighted by atomic mass is 16.6. The SMILES string of the molecule is CC/C=C\C/C=C\C/C=C\CCCCCC(=O)OC(COCCCCCCCCCCCC)COC(=O)CCCCCCCCCCC/C=C\C/C=C\CCCCC. The average Bonchev–Trinajstić information content (AvgIpc) is 3.22. The molecule has 0 fully saturated rings. The smallest absolute Gasteiger partial charge is 0.306 e. The van der Waals surface area contributed by atoms with Crippen molar-refractivity contribution in [2.75, 3.05) is 19.8 Å². The van der Waals surface area contributed by atoms with Crippen molar-refractivity contribution in [3.8, 4) is 0 Å².